The minimum atomic E-state index is -1.00. The number of rotatable bonds is 1. The normalized spacial score (nSPS) is 10.6. The van der Waals surface area contributed by atoms with E-state index in [2.05, 4.69) is 0 Å². The maximum absolute atomic E-state index is 13.6. The number of halogens is 4. The summed E-state index contributed by atoms with van der Waals surface area (Å²) in [4.78, 5) is 0. The molecule has 2 aromatic rings. The van der Waals surface area contributed by atoms with E-state index in [4.69, 9.17) is 0 Å². The summed E-state index contributed by atoms with van der Waals surface area (Å²) >= 11 is 0. The average Bonchev–Trinajstić information content (AvgIpc) is 2.13. The van der Waals surface area contributed by atoms with E-state index in [9.17, 15) is 17.6 Å². The second kappa shape index (κ2) is 4.20. The monoisotopic (exact) mass is 239 g/mol. The molecule has 0 aromatic heterocycles. The Morgan fingerprint density at radius 2 is 1.29 bits per heavy atom. The van der Waals surface area contributed by atoms with Crippen molar-refractivity contribution in [2.45, 2.75) is 6.92 Å². The Morgan fingerprint density at radius 1 is 0.824 bits per heavy atom. The molecule has 0 aliphatic carbocycles. The van der Waals surface area contributed by atoms with E-state index in [-0.39, 0.29) is 5.56 Å². The van der Waals surface area contributed by atoms with Crippen LogP contribution in [0.25, 0.3) is 11.1 Å². The van der Waals surface area contributed by atoms with Gasteiger partial charge in [0.25, 0.3) is 0 Å². The molecular weight excluding hydrogens is 232 g/mol. The van der Waals surface area contributed by atoms with Crippen molar-refractivity contribution in [1.29, 1.82) is 0 Å². The van der Waals surface area contributed by atoms with Crippen molar-refractivity contribution in [3.8, 4) is 11.1 Å². The molecule has 0 saturated carbocycles. The molecule has 0 atom stereocenters. The predicted molar refractivity (Wildman–Crippen MR) is 55.3 cm³/mol. The topological polar surface area (TPSA) is 0 Å². The average molecular weight is 239 g/mol. The van der Waals surface area contributed by atoms with Crippen molar-refractivity contribution in [1.82, 2.24) is 0 Å². The molecule has 0 bridgehead atoms. The van der Waals surface area contributed by atoms with Gasteiger partial charge in [-0.3, -0.25) is 0 Å². The third-order valence-corrected chi connectivity index (χ3v) is 2.28. The molecule has 0 saturated heterocycles. The zero-order valence-corrected chi connectivity index (χ0v) is 8.82. The van der Waals surface area contributed by atoms with Crippen LogP contribution in [0.4, 0.5) is 17.6 Å². The fraction of sp³-hybridized carbons (Fsp3) is 0.0769. The number of hydrogen-bond acceptors (Lipinski definition) is 0. The Hall–Kier alpha value is -1.84. The van der Waals surface area contributed by atoms with Crippen molar-refractivity contribution < 1.29 is 17.6 Å². The van der Waals surface area contributed by atoms with Crippen LogP contribution >= 0.6 is 0 Å². The van der Waals surface area contributed by atoms with Gasteiger partial charge in [0.1, 0.15) is 23.3 Å². The fourth-order valence-electron chi connectivity index (χ4n) is 1.62. The molecule has 0 fully saturated rings. The summed E-state index contributed by atoms with van der Waals surface area (Å²) in [7, 11) is 0. The van der Waals surface area contributed by atoms with E-state index in [0.29, 0.717) is 5.56 Å². The van der Waals surface area contributed by atoms with Crippen molar-refractivity contribution in [2.24, 2.45) is 0 Å². The first-order chi connectivity index (χ1) is 7.97. The van der Waals surface area contributed by atoms with E-state index < -0.39 is 28.8 Å². The molecule has 1 radical (unpaired) electrons. The van der Waals surface area contributed by atoms with Gasteiger partial charge >= 0.3 is 0 Å². The van der Waals surface area contributed by atoms with Crippen molar-refractivity contribution in [3.63, 3.8) is 0 Å². The van der Waals surface area contributed by atoms with Gasteiger partial charge in [0.15, 0.2) is 0 Å². The Bertz CT molecular complexity index is 532. The van der Waals surface area contributed by atoms with Crippen LogP contribution in [-0.2, 0) is 0 Å². The molecule has 0 aliphatic heterocycles. The molecule has 0 nitrogen and oxygen atoms in total. The van der Waals surface area contributed by atoms with Gasteiger partial charge in [-0.1, -0.05) is 0 Å². The van der Waals surface area contributed by atoms with Crippen LogP contribution in [0.2, 0.25) is 0 Å². The zero-order chi connectivity index (χ0) is 12.6. The first kappa shape index (κ1) is 11.6. The lowest BCUT2D eigenvalue weighted by Gasteiger charge is -2.06. The third kappa shape index (κ3) is 2.30. The van der Waals surface area contributed by atoms with Crippen molar-refractivity contribution in [3.05, 3.63) is 59.2 Å². The van der Waals surface area contributed by atoms with Gasteiger partial charge in [-0.2, -0.15) is 0 Å². The lowest BCUT2D eigenvalue weighted by molar-refractivity contribution is 0.575. The molecule has 17 heavy (non-hydrogen) atoms. The Morgan fingerprint density at radius 3 is 1.76 bits per heavy atom. The molecule has 0 unspecified atom stereocenters. The molecule has 0 amide bonds. The Kier molecular flexibility index (Phi) is 2.88. The number of aryl methyl sites for hydroxylation is 1. The highest BCUT2D eigenvalue weighted by Crippen LogP contribution is 2.28. The van der Waals surface area contributed by atoms with Gasteiger partial charge in [-0.05, 0) is 42.3 Å². The molecular formula is C13H7F4. The Balaban J connectivity index is 2.68. The van der Waals surface area contributed by atoms with Crippen LogP contribution in [0, 0.1) is 36.3 Å². The highest BCUT2D eigenvalue weighted by Gasteiger charge is 2.14. The van der Waals surface area contributed by atoms with Crippen LogP contribution in [-0.4, -0.2) is 0 Å². The second-order valence-electron chi connectivity index (χ2n) is 3.67. The molecule has 0 spiro atoms. The highest BCUT2D eigenvalue weighted by molar-refractivity contribution is 5.65. The Labute approximate surface area is 95.5 Å². The zero-order valence-electron chi connectivity index (χ0n) is 8.82. The first-order valence-electron chi connectivity index (χ1n) is 4.82. The molecule has 0 heterocycles. The molecule has 0 aliphatic rings. The lowest BCUT2D eigenvalue weighted by atomic mass is 10.0. The minimum absolute atomic E-state index is 0.186. The molecule has 0 N–H and O–H groups in total. The summed E-state index contributed by atoms with van der Waals surface area (Å²) in [5.41, 5.74) is -0.233. The van der Waals surface area contributed by atoms with Gasteiger partial charge < -0.3 is 0 Å². The molecule has 2 rings (SSSR count). The van der Waals surface area contributed by atoms with E-state index in [1.807, 2.05) is 0 Å². The minimum Gasteiger partial charge on any atom is -0.206 e. The molecule has 2 aromatic carbocycles. The maximum Gasteiger partial charge on any atom is 0.134 e. The summed E-state index contributed by atoms with van der Waals surface area (Å²) in [5.74, 6) is -3.71. The van der Waals surface area contributed by atoms with Crippen LogP contribution < -0.4 is 0 Å². The van der Waals surface area contributed by atoms with Crippen molar-refractivity contribution >= 4 is 0 Å². The van der Waals surface area contributed by atoms with Gasteiger partial charge in [-0.15, -0.1) is 0 Å². The summed E-state index contributed by atoms with van der Waals surface area (Å²) in [5, 5.41) is 0. The highest BCUT2D eigenvalue weighted by atomic mass is 19.1. The van der Waals surface area contributed by atoms with Crippen LogP contribution in [0.15, 0.2) is 24.3 Å². The fourth-order valence-corrected chi connectivity index (χ4v) is 1.62. The third-order valence-electron chi connectivity index (χ3n) is 2.28. The maximum atomic E-state index is 13.6. The van der Waals surface area contributed by atoms with Crippen LogP contribution in [0.3, 0.4) is 0 Å². The second-order valence-corrected chi connectivity index (χ2v) is 3.67. The van der Waals surface area contributed by atoms with E-state index in [1.54, 1.807) is 6.07 Å². The van der Waals surface area contributed by atoms with E-state index in [1.165, 1.54) is 6.92 Å². The quantitative estimate of drug-likeness (QED) is 0.659. The number of hydrogen-bond donors (Lipinski definition) is 0. The van der Waals surface area contributed by atoms with E-state index in [0.717, 1.165) is 24.3 Å². The van der Waals surface area contributed by atoms with Gasteiger partial charge in [0.05, 0.1) is 11.6 Å². The first-order valence-corrected chi connectivity index (χ1v) is 4.82. The summed E-state index contributed by atoms with van der Waals surface area (Å²) in [6.45, 7) is 1.52. The van der Waals surface area contributed by atoms with E-state index >= 15 is 0 Å². The van der Waals surface area contributed by atoms with Gasteiger partial charge in [0, 0.05) is 0 Å². The summed E-state index contributed by atoms with van der Waals surface area (Å²) in [6.07, 6.45) is 0. The van der Waals surface area contributed by atoms with Crippen molar-refractivity contribution in [2.75, 3.05) is 0 Å². The molecule has 87 valence electrons. The largest absolute Gasteiger partial charge is 0.206 e. The molecule has 4 heteroatoms. The van der Waals surface area contributed by atoms with Crippen LogP contribution in [0.1, 0.15) is 5.56 Å². The number of benzene rings is 2. The summed E-state index contributed by atoms with van der Waals surface area (Å²) in [6, 6.07) is 5.62. The van der Waals surface area contributed by atoms with Crippen LogP contribution in [0.5, 0.6) is 0 Å². The smallest absolute Gasteiger partial charge is 0.134 e. The lowest BCUT2D eigenvalue weighted by Crippen LogP contribution is -1.93. The SMILES string of the molecule is Cc1cc(F)c(-c2cc(F)[c]c(F)c2)c(F)c1. The van der Waals surface area contributed by atoms with Gasteiger partial charge in [0.2, 0.25) is 0 Å². The summed E-state index contributed by atoms with van der Waals surface area (Å²) < 4.78 is 53.0. The standard InChI is InChI=1S/C13H7F4/c1-7-2-11(16)13(12(17)3-7)8-4-9(14)6-10(15)5-8/h2-5H,1H3. The van der Waals surface area contributed by atoms with Gasteiger partial charge in [-0.25, -0.2) is 17.6 Å². The predicted octanol–water partition coefficient (Wildman–Crippen LogP) is 4.02.